The van der Waals surface area contributed by atoms with E-state index >= 15 is 0 Å². The first-order chi connectivity index (χ1) is 12.5. The molecule has 0 bridgehead atoms. The van der Waals surface area contributed by atoms with E-state index in [0.717, 1.165) is 9.86 Å². The van der Waals surface area contributed by atoms with Crippen LogP contribution in [0.3, 0.4) is 0 Å². The second-order valence-electron chi connectivity index (χ2n) is 5.53. The Morgan fingerprint density at radius 1 is 1.31 bits per heavy atom. The Hall–Kier alpha value is -2.93. The fraction of sp³-hybridized carbons (Fsp3) is 0.105. The Morgan fingerprint density at radius 2 is 2.12 bits per heavy atom. The average Bonchev–Trinajstić information content (AvgIpc) is 2.64. The van der Waals surface area contributed by atoms with E-state index in [-0.39, 0.29) is 5.75 Å². The summed E-state index contributed by atoms with van der Waals surface area (Å²) in [6.45, 7) is 1.63. The third kappa shape index (κ3) is 4.18. The van der Waals surface area contributed by atoms with Crippen LogP contribution in [0.25, 0.3) is 10.9 Å². The van der Waals surface area contributed by atoms with Crippen LogP contribution in [0.4, 0.5) is 0 Å². The van der Waals surface area contributed by atoms with Crippen LogP contribution in [0.1, 0.15) is 12.5 Å². The molecular formula is C19H16BrN3O3. The van der Waals surface area contributed by atoms with Crippen molar-refractivity contribution >= 4 is 39.0 Å². The van der Waals surface area contributed by atoms with Crippen LogP contribution in [0.15, 0.2) is 64.3 Å². The van der Waals surface area contributed by atoms with Gasteiger partial charge >= 0.3 is 0 Å². The molecule has 1 atom stereocenters. The number of aromatic hydroxyl groups is 1. The van der Waals surface area contributed by atoms with Gasteiger partial charge in [-0.05, 0) is 37.3 Å². The SMILES string of the molecule is C[C@@H](Oc1cccc2cccnc12)C(=O)N/N=C\c1cc(Br)ccc1O. The number of hydrazone groups is 1. The highest BCUT2D eigenvalue weighted by atomic mass is 79.9. The van der Waals surface area contributed by atoms with Crippen LogP contribution in [-0.2, 0) is 4.79 Å². The predicted octanol–water partition coefficient (Wildman–Crippen LogP) is 3.62. The Labute approximate surface area is 158 Å². The summed E-state index contributed by atoms with van der Waals surface area (Å²) in [6, 6.07) is 14.2. The highest BCUT2D eigenvalue weighted by molar-refractivity contribution is 9.10. The molecule has 0 saturated heterocycles. The van der Waals surface area contributed by atoms with Crippen molar-refractivity contribution in [2.24, 2.45) is 5.10 Å². The maximum Gasteiger partial charge on any atom is 0.280 e. The number of phenolic OH excluding ortho intramolecular Hbond substituents is 1. The van der Waals surface area contributed by atoms with Gasteiger partial charge in [0.05, 0.1) is 6.21 Å². The monoisotopic (exact) mass is 413 g/mol. The third-order valence-electron chi connectivity index (χ3n) is 3.64. The van der Waals surface area contributed by atoms with Gasteiger partial charge in [0, 0.05) is 21.6 Å². The molecule has 26 heavy (non-hydrogen) atoms. The minimum absolute atomic E-state index is 0.0670. The number of nitrogens with one attached hydrogen (secondary N) is 1. The van der Waals surface area contributed by atoms with Crippen molar-refractivity contribution in [1.29, 1.82) is 0 Å². The van der Waals surface area contributed by atoms with Gasteiger partial charge in [-0.3, -0.25) is 9.78 Å². The minimum atomic E-state index is -0.768. The summed E-state index contributed by atoms with van der Waals surface area (Å²) >= 11 is 3.31. The number of amides is 1. The molecule has 6 nitrogen and oxygen atoms in total. The molecule has 1 aromatic heterocycles. The van der Waals surface area contributed by atoms with Gasteiger partial charge in [0.2, 0.25) is 0 Å². The van der Waals surface area contributed by atoms with E-state index in [9.17, 15) is 9.90 Å². The lowest BCUT2D eigenvalue weighted by Crippen LogP contribution is -2.33. The van der Waals surface area contributed by atoms with Crippen molar-refractivity contribution < 1.29 is 14.6 Å². The van der Waals surface area contributed by atoms with Crippen molar-refractivity contribution in [2.45, 2.75) is 13.0 Å². The third-order valence-corrected chi connectivity index (χ3v) is 4.13. The molecule has 0 aliphatic rings. The van der Waals surface area contributed by atoms with E-state index in [0.29, 0.717) is 16.8 Å². The molecule has 2 N–H and O–H groups in total. The molecule has 7 heteroatoms. The fourth-order valence-corrected chi connectivity index (χ4v) is 2.68. The van der Waals surface area contributed by atoms with E-state index in [2.05, 4.69) is 31.4 Å². The van der Waals surface area contributed by atoms with Crippen LogP contribution in [0.2, 0.25) is 0 Å². The van der Waals surface area contributed by atoms with E-state index in [1.54, 1.807) is 31.3 Å². The summed E-state index contributed by atoms with van der Waals surface area (Å²) in [5, 5.41) is 14.5. The van der Waals surface area contributed by atoms with Crippen LogP contribution in [0.5, 0.6) is 11.5 Å². The van der Waals surface area contributed by atoms with Crippen molar-refractivity contribution in [3.63, 3.8) is 0 Å². The number of rotatable bonds is 5. The summed E-state index contributed by atoms with van der Waals surface area (Å²) in [5.74, 6) is 0.181. The summed E-state index contributed by atoms with van der Waals surface area (Å²) in [7, 11) is 0. The number of carbonyl (C=O) groups excluding carboxylic acids is 1. The fourth-order valence-electron chi connectivity index (χ4n) is 2.30. The Morgan fingerprint density at radius 3 is 2.96 bits per heavy atom. The number of pyridine rings is 1. The molecule has 0 spiro atoms. The van der Waals surface area contributed by atoms with Gasteiger partial charge in [0.25, 0.3) is 5.91 Å². The van der Waals surface area contributed by atoms with E-state index in [1.165, 1.54) is 12.3 Å². The lowest BCUT2D eigenvalue weighted by atomic mass is 10.2. The summed E-state index contributed by atoms with van der Waals surface area (Å²) in [4.78, 5) is 16.5. The number of para-hydroxylation sites is 1. The van der Waals surface area contributed by atoms with Gasteiger partial charge < -0.3 is 9.84 Å². The Kier molecular flexibility index (Phi) is 5.48. The molecule has 2 aromatic carbocycles. The highest BCUT2D eigenvalue weighted by Gasteiger charge is 2.15. The number of phenols is 1. The number of ether oxygens (including phenoxy) is 1. The molecule has 0 saturated carbocycles. The lowest BCUT2D eigenvalue weighted by molar-refractivity contribution is -0.127. The molecule has 1 amide bonds. The zero-order chi connectivity index (χ0) is 18.5. The first-order valence-corrected chi connectivity index (χ1v) is 8.66. The molecule has 0 radical (unpaired) electrons. The average molecular weight is 414 g/mol. The van der Waals surface area contributed by atoms with Gasteiger partial charge in [0.15, 0.2) is 6.10 Å². The zero-order valence-corrected chi connectivity index (χ0v) is 15.5. The number of halogens is 1. The molecule has 3 rings (SSSR count). The maximum atomic E-state index is 12.2. The van der Waals surface area contributed by atoms with Crippen LogP contribution < -0.4 is 10.2 Å². The van der Waals surface area contributed by atoms with E-state index < -0.39 is 12.0 Å². The molecule has 0 aliphatic heterocycles. The minimum Gasteiger partial charge on any atom is -0.507 e. The summed E-state index contributed by atoms with van der Waals surface area (Å²) in [6.07, 6.45) is 2.27. The van der Waals surface area contributed by atoms with Gasteiger partial charge in [0.1, 0.15) is 17.0 Å². The summed E-state index contributed by atoms with van der Waals surface area (Å²) < 4.78 is 6.52. The van der Waals surface area contributed by atoms with E-state index in [1.807, 2.05) is 24.3 Å². The Balaban J connectivity index is 1.66. The molecule has 1 heterocycles. The van der Waals surface area contributed by atoms with Gasteiger partial charge in [-0.2, -0.15) is 5.10 Å². The van der Waals surface area contributed by atoms with Crippen LogP contribution in [0, 0.1) is 0 Å². The van der Waals surface area contributed by atoms with E-state index in [4.69, 9.17) is 4.74 Å². The normalized spacial score (nSPS) is 12.2. The van der Waals surface area contributed by atoms with Gasteiger partial charge in [-0.25, -0.2) is 5.43 Å². The summed E-state index contributed by atoms with van der Waals surface area (Å²) in [5.41, 5.74) is 3.57. The Bertz CT molecular complexity index is 970. The quantitative estimate of drug-likeness (QED) is 0.494. The number of benzene rings is 2. The van der Waals surface area contributed by atoms with Gasteiger partial charge in [-0.1, -0.05) is 34.1 Å². The van der Waals surface area contributed by atoms with Crippen molar-refractivity contribution in [3.05, 3.63) is 64.8 Å². The predicted molar refractivity (Wildman–Crippen MR) is 103 cm³/mol. The number of aromatic nitrogens is 1. The van der Waals surface area contributed by atoms with Crippen LogP contribution in [-0.4, -0.2) is 28.3 Å². The zero-order valence-electron chi connectivity index (χ0n) is 13.9. The number of fused-ring (bicyclic) bond motifs is 1. The standard InChI is InChI=1S/C19H16BrN3O3/c1-12(26-17-6-2-4-13-5-3-9-21-18(13)17)19(25)23-22-11-14-10-15(20)7-8-16(14)24/h2-12,24H,1H3,(H,23,25)/b22-11-/t12-/m1/s1. The molecule has 3 aromatic rings. The van der Waals surface area contributed by atoms with Crippen LogP contribution >= 0.6 is 15.9 Å². The number of carbonyl (C=O) groups is 1. The molecule has 0 aliphatic carbocycles. The number of hydrogen-bond acceptors (Lipinski definition) is 5. The number of hydrogen-bond donors (Lipinski definition) is 2. The smallest absolute Gasteiger partial charge is 0.280 e. The molecular weight excluding hydrogens is 398 g/mol. The second-order valence-corrected chi connectivity index (χ2v) is 6.44. The van der Waals surface area contributed by atoms with Crippen molar-refractivity contribution in [3.8, 4) is 11.5 Å². The molecule has 0 fully saturated rings. The first kappa shape index (κ1) is 17.9. The van der Waals surface area contributed by atoms with Crippen molar-refractivity contribution in [2.75, 3.05) is 0 Å². The number of nitrogens with zero attached hydrogens (tertiary/aromatic N) is 2. The largest absolute Gasteiger partial charge is 0.507 e. The first-order valence-electron chi connectivity index (χ1n) is 7.86. The maximum absolute atomic E-state index is 12.2. The molecule has 132 valence electrons. The highest BCUT2D eigenvalue weighted by Crippen LogP contribution is 2.24. The van der Waals surface area contributed by atoms with Gasteiger partial charge in [-0.15, -0.1) is 0 Å². The van der Waals surface area contributed by atoms with Crippen molar-refractivity contribution in [1.82, 2.24) is 10.4 Å². The topological polar surface area (TPSA) is 83.8 Å². The lowest BCUT2D eigenvalue weighted by Gasteiger charge is -2.14. The second kappa shape index (κ2) is 7.97. The molecule has 0 unspecified atom stereocenters.